The maximum atomic E-state index is 13.9. The Balaban J connectivity index is 2.18. The van der Waals surface area contributed by atoms with E-state index >= 15 is 0 Å². The maximum absolute atomic E-state index is 13.9. The van der Waals surface area contributed by atoms with Gasteiger partial charge in [0.25, 0.3) is 0 Å². The van der Waals surface area contributed by atoms with Gasteiger partial charge in [0.1, 0.15) is 5.82 Å². The molecule has 1 heterocycles. The first-order chi connectivity index (χ1) is 9.58. The molecule has 0 aliphatic heterocycles. The third-order valence-electron chi connectivity index (χ3n) is 3.33. The molecule has 0 fully saturated rings. The van der Waals surface area contributed by atoms with Crippen LogP contribution in [0.5, 0.6) is 0 Å². The molecular formula is C16H11BrFNO. The number of aromatic amines is 1. The highest BCUT2D eigenvalue weighted by atomic mass is 79.9. The van der Waals surface area contributed by atoms with Crippen LogP contribution in [0, 0.1) is 12.7 Å². The number of H-pyrrole nitrogens is 1. The number of benzene rings is 2. The molecule has 2 aromatic carbocycles. The lowest BCUT2D eigenvalue weighted by atomic mass is 9.99. The van der Waals surface area contributed by atoms with Crippen LogP contribution in [-0.2, 0) is 0 Å². The maximum Gasteiger partial charge on any atom is 0.195 e. The molecular weight excluding hydrogens is 321 g/mol. The molecule has 0 aliphatic carbocycles. The summed E-state index contributed by atoms with van der Waals surface area (Å²) in [6.45, 7) is 1.86. The predicted molar refractivity (Wildman–Crippen MR) is 80.6 cm³/mol. The van der Waals surface area contributed by atoms with Crippen molar-refractivity contribution in [3.63, 3.8) is 0 Å². The summed E-state index contributed by atoms with van der Waals surface area (Å²) in [5.74, 6) is -0.562. The number of aryl methyl sites for hydroxylation is 1. The molecule has 100 valence electrons. The first-order valence-corrected chi connectivity index (χ1v) is 6.93. The summed E-state index contributed by atoms with van der Waals surface area (Å²) in [6, 6.07) is 10.2. The Morgan fingerprint density at radius 3 is 2.75 bits per heavy atom. The van der Waals surface area contributed by atoms with E-state index in [1.165, 1.54) is 6.07 Å². The van der Waals surface area contributed by atoms with Gasteiger partial charge >= 0.3 is 0 Å². The Kier molecular flexibility index (Phi) is 3.18. The van der Waals surface area contributed by atoms with E-state index in [0.29, 0.717) is 22.0 Å². The van der Waals surface area contributed by atoms with Crippen LogP contribution in [0.1, 0.15) is 21.5 Å². The number of hydrogen-bond donors (Lipinski definition) is 1. The molecule has 0 aliphatic rings. The van der Waals surface area contributed by atoms with E-state index in [1.807, 2.05) is 19.1 Å². The van der Waals surface area contributed by atoms with Gasteiger partial charge in [0.05, 0.1) is 5.56 Å². The second kappa shape index (κ2) is 4.87. The summed E-state index contributed by atoms with van der Waals surface area (Å²) in [6.07, 6.45) is 1.57. The molecule has 1 aromatic heterocycles. The molecule has 0 unspecified atom stereocenters. The molecule has 2 nitrogen and oxygen atoms in total. The van der Waals surface area contributed by atoms with Crippen molar-refractivity contribution in [2.24, 2.45) is 0 Å². The fourth-order valence-corrected chi connectivity index (χ4v) is 2.82. The van der Waals surface area contributed by atoms with E-state index in [9.17, 15) is 9.18 Å². The van der Waals surface area contributed by atoms with Crippen LogP contribution in [0.3, 0.4) is 0 Å². The summed E-state index contributed by atoms with van der Waals surface area (Å²) < 4.78 is 14.9. The molecule has 20 heavy (non-hydrogen) atoms. The van der Waals surface area contributed by atoms with Crippen LogP contribution in [0.15, 0.2) is 47.1 Å². The van der Waals surface area contributed by atoms with E-state index < -0.39 is 0 Å². The first-order valence-electron chi connectivity index (χ1n) is 6.14. The summed E-state index contributed by atoms with van der Waals surface area (Å²) in [7, 11) is 0. The molecule has 4 heteroatoms. The zero-order valence-corrected chi connectivity index (χ0v) is 12.3. The van der Waals surface area contributed by atoms with Crippen LogP contribution in [0.2, 0.25) is 0 Å². The minimum Gasteiger partial charge on any atom is -0.360 e. The van der Waals surface area contributed by atoms with Crippen molar-refractivity contribution in [2.75, 3.05) is 0 Å². The fourth-order valence-electron chi connectivity index (χ4n) is 2.35. The molecule has 0 bridgehead atoms. The average Bonchev–Trinajstić information content (AvgIpc) is 2.83. The van der Waals surface area contributed by atoms with Gasteiger partial charge in [0.15, 0.2) is 5.78 Å². The molecule has 0 radical (unpaired) electrons. The molecule has 3 rings (SSSR count). The Bertz CT molecular complexity index is 822. The third-order valence-corrected chi connectivity index (χ3v) is 3.83. The van der Waals surface area contributed by atoms with E-state index in [2.05, 4.69) is 20.9 Å². The van der Waals surface area contributed by atoms with Crippen molar-refractivity contribution >= 4 is 32.6 Å². The summed E-state index contributed by atoms with van der Waals surface area (Å²) in [4.78, 5) is 15.5. The van der Waals surface area contributed by atoms with Crippen molar-refractivity contribution < 1.29 is 9.18 Å². The number of aromatic nitrogens is 1. The number of carbonyl (C=O) groups is 1. The van der Waals surface area contributed by atoms with Gasteiger partial charge in [-0.05, 0) is 42.8 Å². The van der Waals surface area contributed by atoms with Crippen LogP contribution in [0.4, 0.5) is 4.39 Å². The highest BCUT2D eigenvalue weighted by Gasteiger charge is 2.18. The highest BCUT2D eigenvalue weighted by Crippen LogP contribution is 2.25. The van der Waals surface area contributed by atoms with E-state index in [4.69, 9.17) is 0 Å². The quantitative estimate of drug-likeness (QED) is 0.683. The van der Waals surface area contributed by atoms with Crippen molar-refractivity contribution in [3.8, 4) is 0 Å². The Morgan fingerprint density at radius 1 is 1.20 bits per heavy atom. The first kappa shape index (κ1) is 13.1. The third kappa shape index (κ3) is 2.06. The Morgan fingerprint density at radius 2 is 2.00 bits per heavy atom. The standard InChI is InChI=1S/C16H11BrFNO/c1-9-7-10(17)5-6-11(9)16(20)12-8-19-14-4-2-3-13(18)15(12)14/h2-8,19H,1H3. The topological polar surface area (TPSA) is 32.9 Å². The molecule has 0 amide bonds. The van der Waals surface area contributed by atoms with Gasteiger partial charge in [-0.15, -0.1) is 0 Å². The van der Waals surface area contributed by atoms with Gasteiger partial charge in [0.2, 0.25) is 0 Å². The molecule has 0 saturated carbocycles. The number of halogens is 2. The monoisotopic (exact) mass is 331 g/mol. The van der Waals surface area contributed by atoms with Crippen molar-refractivity contribution in [1.29, 1.82) is 0 Å². The zero-order chi connectivity index (χ0) is 14.3. The van der Waals surface area contributed by atoms with Crippen LogP contribution >= 0.6 is 15.9 Å². The lowest BCUT2D eigenvalue weighted by Crippen LogP contribution is -2.03. The fraction of sp³-hybridized carbons (Fsp3) is 0.0625. The van der Waals surface area contributed by atoms with Crippen molar-refractivity contribution in [1.82, 2.24) is 4.98 Å². The van der Waals surface area contributed by atoms with Gasteiger partial charge < -0.3 is 4.98 Å². The molecule has 0 atom stereocenters. The van der Waals surface area contributed by atoms with E-state index in [-0.39, 0.29) is 11.6 Å². The van der Waals surface area contributed by atoms with Crippen molar-refractivity contribution in [2.45, 2.75) is 6.92 Å². The van der Waals surface area contributed by atoms with E-state index in [1.54, 1.807) is 24.4 Å². The zero-order valence-electron chi connectivity index (χ0n) is 10.7. The van der Waals surface area contributed by atoms with Gasteiger partial charge in [-0.25, -0.2) is 4.39 Å². The molecule has 0 spiro atoms. The summed E-state index contributed by atoms with van der Waals surface area (Å²) >= 11 is 3.37. The average molecular weight is 332 g/mol. The lowest BCUT2D eigenvalue weighted by Gasteiger charge is -2.05. The molecule has 0 saturated heterocycles. The number of ketones is 1. The highest BCUT2D eigenvalue weighted by molar-refractivity contribution is 9.10. The van der Waals surface area contributed by atoms with Crippen LogP contribution in [0.25, 0.3) is 10.9 Å². The number of fused-ring (bicyclic) bond motifs is 1. The minimum absolute atomic E-state index is 0.175. The van der Waals surface area contributed by atoms with Gasteiger partial charge in [-0.3, -0.25) is 4.79 Å². The normalized spacial score (nSPS) is 10.9. The SMILES string of the molecule is Cc1cc(Br)ccc1C(=O)c1c[nH]c2cccc(F)c12. The number of rotatable bonds is 2. The van der Waals surface area contributed by atoms with E-state index in [0.717, 1.165) is 10.0 Å². The largest absolute Gasteiger partial charge is 0.360 e. The molecule has 3 aromatic rings. The number of nitrogens with one attached hydrogen (secondary N) is 1. The van der Waals surface area contributed by atoms with Gasteiger partial charge in [-0.1, -0.05) is 22.0 Å². The van der Waals surface area contributed by atoms with Crippen LogP contribution < -0.4 is 0 Å². The second-order valence-electron chi connectivity index (χ2n) is 4.65. The van der Waals surface area contributed by atoms with Gasteiger partial charge in [-0.2, -0.15) is 0 Å². The summed E-state index contributed by atoms with van der Waals surface area (Å²) in [5.41, 5.74) is 2.43. The minimum atomic E-state index is -0.387. The number of carbonyl (C=O) groups excluding carboxylic acids is 1. The summed E-state index contributed by atoms with van der Waals surface area (Å²) in [5, 5.41) is 0.347. The predicted octanol–water partition coefficient (Wildman–Crippen LogP) is 4.61. The molecule has 1 N–H and O–H groups in total. The Hall–Kier alpha value is -1.94. The van der Waals surface area contributed by atoms with Crippen LogP contribution in [-0.4, -0.2) is 10.8 Å². The van der Waals surface area contributed by atoms with Gasteiger partial charge in [0, 0.05) is 27.1 Å². The Labute approximate surface area is 123 Å². The van der Waals surface area contributed by atoms with Crippen molar-refractivity contribution in [3.05, 3.63) is 69.6 Å². The number of hydrogen-bond acceptors (Lipinski definition) is 1. The second-order valence-corrected chi connectivity index (χ2v) is 5.57. The lowest BCUT2D eigenvalue weighted by molar-refractivity contribution is 0.103. The smallest absolute Gasteiger partial charge is 0.195 e.